The number of methoxy groups -OCH3 is 1. The van der Waals surface area contributed by atoms with Gasteiger partial charge in [0, 0.05) is 17.5 Å². The highest BCUT2D eigenvalue weighted by molar-refractivity contribution is 6.11. The molecule has 1 atom stereocenters. The first-order valence-electron chi connectivity index (χ1n) is 10.0. The number of rotatable bonds is 6. The van der Waals surface area contributed by atoms with Crippen LogP contribution < -0.4 is 4.74 Å². The first-order valence-corrected chi connectivity index (χ1v) is 10.0. The van der Waals surface area contributed by atoms with Gasteiger partial charge in [-0.25, -0.2) is 0 Å². The summed E-state index contributed by atoms with van der Waals surface area (Å²) in [5, 5.41) is 12.8. The van der Waals surface area contributed by atoms with Crippen LogP contribution in [0.25, 0.3) is 10.8 Å². The predicted molar refractivity (Wildman–Crippen MR) is 117 cm³/mol. The van der Waals surface area contributed by atoms with E-state index >= 15 is 0 Å². The smallest absolute Gasteiger partial charge is 0.255 e. The average molecular weight is 392 g/mol. The molecule has 0 radical (unpaired) electrons. The second kappa shape index (κ2) is 8.66. The van der Waals surface area contributed by atoms with Gasteiger partial charge in [-0.15, -0.1) is 0 Å². The lowest BCUT2D eigenvalue weighted by molar-refractivity contribution is 0.0640. The lowest BCUT2D eigenvalue weighted by atomic mass is 9.90. The molecule has 0 aromatic heterocycles. The molecule has 0 unspecified atom stereocenters. The summed E-state index contributed by atoms with van der Waals surface area (Å²) in [6.07, 6.45) is -0.911. The molecule has 0 heterocycles. The van der Waals surface area contributed by atoms with Gasteiger partial charge in [-0.2, -0.15) is 0 Å². The predicted octanol–water partition coefficient (Wildman–Crippen LogP) is 5.19. The minimum Gasteiger partial charge on any atom is -0.496 e. The highest BCUT2D eigenvalue weighted by Gasteiger charge is 2.29. The number of nitrogens with zero attached hydrogens (tertiary/aromatic N) is 1. The number of aliphatic hydroxyl groups is 1. The van der Waals surface area contributed by atoms with Crippen LogP contribution in [0.15, 0.2) is 60.7 Å². The van der Waals surface area contributed by atoms with E-state index in [-0.39, 0.29) is 18.0 Å². The molecule has 1 N–H and O–H groups in total. The molecule has 3 aromatic carbocycles. The minimum atomic E-state index is -0.911. The van der Waals surface area contributed by atoms with Gasteiger partial charge in [0.1, 0.15) is 11.9 Å². The van der Waals surface area contributed by atoms with Crippen molar-refractivity contribution in [2.75, 3.05) is 7.11 Å². The van der Waals surface area contributed by atoms with E-state index in [1.165, 1.54) is 0 Å². The number of aliphatic hydroxyl groups excluding tert-OH is 1. The van der Waals surface area contributed by atoms with Gasteiger partial charge in [0.2, 0.25) is 0 Å². The fraction of sp³-hybridized carbons (Fsp3) is 0.320. The van der Waals surface area contributed by atoms with E-state index in [0.29, 0.717) is 16.9 Å². The fourth-order valence-corrected chi connectivity index (χ4v) is 4.00. The maximum Gasteiger partial charge on any atom is 0.255 e. The van der Waals surface area contributed by atoms with Crippen LogP contribution in [0.4, 0.5) is 0 Å². The molecule has 0 saturated carbocycles. The Morgan fingerprint density at radius 2 is 1.55 bits per heavy atom. The first-order chi connectivity index (χ1) is 13.9. The Morgan fingerprint density at radius 3 is 2.14 bits per heavy atom. The van der Waals surface area contributed by atoms with E-state index in [2.05, 4.69) is 0 Å². The summed E-state index contributed by atoms with van der Waals surface area (Å²) in [5.41, 5.74) is 1.83. The summed E-state index contributed by atoms with van der Waals surface area (Å²) < 4.78 is 5.61. The number of hydrogen-bond acceptors (Lipinski definition) is 3. The van der Waals surface area contributed by atoms with Crippen LogP contribution in [-0.2, 0) is 0 Å². The van der Waals surface area contributed by atoms with Crippen molar-refractivity contribution in [1.82, 2.24) is 4.90 Å². The number of carbonyl (C=O) groups excluding carboxylic acids is 1. The van der Waals surface area contributed by atoms with Gasteiger partial charge in [-0.3, -0.25) is 4.79 Å². The van der Waals surface area contributed by atoms with E-state index in [1.54, 1.807) is 7.11 Å². The van der Waals surface area contributed by atoms with E-state index in [1.807, 2.05) is 93.3 Å². The van der Waals surface area contributed by atoms with E-state index in [9.17, 15) is 9.90 Å². The molecular formula is C25H29NO3. The van der Waals surface area contributed by atoms with Crippen LogP contribution >= 0.6 is 0 Å². The standard InChI is InChI=1S/C25H29NO3/c1-16(2)26(17(3)4)25(28)23-20(24(27)19-10-7-6-8-11-19)15-14-18-12-9-13-21(29-5)22(18)23/h6-17,24,27H,1-5H3/t24-/m1/s1. The molecule has 4 nitrogen and oxygen atoms in total. The van der Waals surface area contributed by atoms with Crippen molar-refractivity contribution in [1.29, 1.82) is 0 Å². The fourth-order valence-electron chi connectivity index (χ4n) is 4.00. The summed E-state index contributed by atoms with van der Waals surface area (Å²) >= 11 is 0. The Labute approximate surface area is 172 Å². The molecule has 0 bridgehead atoms. The minimum absolute atomic E-state index is 0.0224. The number of carbonyl (C=O) groups is 1. The summed E-state index contributed by atoms with van der Waals surface area (Å²) in [6, 6.07) is 19.0. The maximum absolute atomic E-state index is 13.8. The largest absolute Gasteiger partial charge is 0.496 e. The molecule has 152 valence electrons. The monoisotopic (exact) mass is 391 g/mol. The number of fused-ring (bicyclic) bond motifs is 1. The Hall–Kier alpha value is -2.85. The van der Waals surface area contributed by atoms with Crippen LogP contribution in [-0.4, -0.2) is 35.1 Å². The summed E-state index contributed by atoms with van der Waals surface area (Å²) in [6.45, 7) is 8.03. The molecule has 29 heavy (non-hydrogen) atoms. The number of hydrogen-bond donors (Lipinski definition) is 1. The molecule has 0 fully saturated rings. The van der Waals surface area contributed by atoms with Crippen LogP contribution in [0.1, 0.15) is 55.3 Å². The van der Waals surface area contributed by atoms with E-state index in [4.69, 9.17) is 4.74 Å². The third-order valence-corrected chi connectivity index (χ3v) is 5.23. The summed E-state index contributed by atoms with van der Waals surface area (Å²) in [7, 11) is 1.60. The summed E-state index contributed by atoms with van der Waals surface area (Å²) in [5.74, 6) is 0.524. The molecular weight excluding hydrogens is 362 g/mol. The zero-order chi connectivity index (χ0) is 21.1. The van der Waals surface area contributed by atoms with Gasteiger partial charge in [0.25, 0.3) is 5.91 Å². The molecule has 3 rings (SSSR count). The molecule has 0 spiro atoms. The number of benzene rings is 3. The lowest BCUT2D eigenvalue weighted by Gasteiger charge is -2.32. The molecule has 0 aliphatic rings. The second-order valence-electron chi connectivity index (χ2n) is 7.80. The zero-order valence-corrected chi connectivity index (χ0v) is 17.7. The molecule has 0 aliphatic heterocycles. The second-order valence-corrected chi connectivity index (χ2v) is 7.80. The van der Waals surface area contributed by atoms with Gasteiger partial charge >= 0.3 is 0 Å². The molecule has 4 heteroatoms. The highest BCUT2D eigenvalue weighted by atomic mass is 16.5. The SMILES string of the molecule is COc1cccc2ccc([C@H](O)c3ccccc3)c(C(=O)N(C(C)C)C(C)C)c12. The van der Waals surface area contributed by atoms with Crippen LogP contribution in [0, 0.1) is 0 Å². The highest BCUT2D eigenvalue weighted by Crippen LogP contribution is 2.36. The van der Waals surface area contributed by atoms with Crippen LogP contribution in [0.5, 0.6) is 5.75 Å². The normalized spacial score (nSPS) is 12.4. The van der Waals surface area contributed by atoms with E-state index < -0.39 is 6.10 Å². The average Bonchev–Trinajstić information content (AvgIpc) is 2.71. The third kappa shape index (κ3) is 3.99. The summed E-state index contributed by atoms with van der Waals surface area (Å²) in [4.78, 5) is 15.7. The lowest BCUT2D eigenvalue weighted by Crippen LogP contribution is -2.42. The van der Waals surface area contributed by atoms with Crippen molar-refractivity contribution in [2.45, 2.75) is 45.9 Å². The van der Waals surface area contributed by atoms with Gasteiger partial charge in [-0.1, -0.05) is 54.6 Å². The Morgan fingerprint density at radius 1 is 0.897 bits per heavy atom. The third-order valence-electron chi connectivity index (χ3n) is 5.23. The van der Waals surface area contributed by atoms with Crippen molar-refractivity contribution in [3.05, 3.63) is 77.4 Å². The van der Waals surface area contributed by atoms with Gasteiger partial charge in [0.05, 0.1) is 12.7 Å². The molecule has 0 saturated heterocycles. The Kier molecular flexibility index (Phi) is 6.23. The Balaban J connectivity index is 2.32. The zero-order valence-electron chi connectivity index (χ0n) is 17.7. The van der Waals surface area contributed by atoms with Crippen LogP contribution in [0.2, 0.25) is 0 Å². The van der Waals surface area contributed by atoms with Crippen molar-refractivity contribution in [2.24, 2.45) is 0 Å². The van der Waals surface area contributed by atoms with E-state index in [0.717, 1.165) is 16.3 Å². The van der Waals surface area contributed by atoms with Gasteiger partial charge in [0.15, 0.2) is 0 Å². The number of amides is 1. The quantitative estimate of drug-likeness (QED) is 0.629. The van der Waals surface area contributed by atoms with Gasteiger partial charge < -0.3 is 14.7 Å². The topological polar surface area (TPSA) is 49.8 Å². The Bertz CT molecular complexity index is 988. The van der Waals surface area contributed by atoms with Crippen molar-refractivity contribution in [3.8, 4) is 5.75 Å². The maximum atomic E-state index is 13.8. The van der Waals surface area contributed by atoms with Crippen molar-refractivity contribution in [3.63, 3.8) is 0 Å². The molecule has 3 aromatic rings. The molecule has 0 aliphatic carbocycles. The first kappa shape index (κ1) is 20.9. The van der Waals surface area contributed by atoms with Crippen molar-refractivity contribution >= 4 is 16.7 Å². The number of ether oxygens (including phenoxy) is 1. The van der Waals surface area contributed by atoms with Gasteiger partial charge in [-0.05, 0) is 50.3 Å². The molecule has 1 amide bonds. The van der Waals surface area contributed by atoms with Crippen LogP contribution in [0.3, 0.4) is 0 Å². The van der Waals surface area contributed by atoms with Crippen molar-refractivity contribution < 1.29 is 14.6 Å².